The molecule has 1 saturated carbocycles. The number of rotatable bonds is 1. The van der Waals surface area contributed by atoms with Gasteiger partial charge in [-0.25, -0.2) is 0 Å². The van der Waals surface area contributed by atoms with Crippen molar-refractivity contribution in [2.24, 2.45) is 0 Å². The molecule has 3 nitrogen and oxygen atoms in total. The summed E-state index contributed by atoms with van der Waals surface area (Å²) in [6, 6.07) is 6.19. The molecule has 0 radical (unpaired) electrons. The largest absolute Gasteiger partial charge is 0.281 e. The van der Waals surface area contributed by atoms with Crippen molar-refractivity contribution in [3.8, 4) is 0 Å². The van der Waals surface area contributed by atoms with E-state index in [1.807, 2.05) is 29.4 Å². The maximum Gasteiger partial charge on any atom is 0.0801 e. The standard InChI is InChI=1S/C13H19NO2S/c1-10-5-4-8-13-12(10)9-14(17(13,15)16)11-6-2-3-7-11/h4-5,8,11,15-16H,2-3,6-7,9H2,1H3. The summed E-state index contributed by atoms with van der Waals surface area (Å²) in [5.41, 5.74) is 2.29. The van der Waals surface area contributed by atoms with E-state index in [0.717, 1.165) is 23.3 Å². The summed E-state index contributed by atoms with van der Waals surface area (Å²) in [6.45, 7) is 2.75. The predicted molar refractivity (Wildman–Crippen MR) is 70.1 cm³/mol. The Hall–Kier alpha value is -0.550. The minimum atomic E-state index is -2.72. The lowest BCUT2D eigenvalue weighted by Crippen LogP contribution is -2.31. The molecular weight excluding hydrogens is 234 g/mol. The molecule has 0 aromatic heterocycles. The zero-order valence-electron chi connectivity index (χ0n) is 10.1. The van der Waals surface area contributed by atoms with Gasteiger partial charge in [-0.2, -0.15) is 4.31 Å². The Balaban J connectivity index is 1.99. The Morgan fingerprint density at radius 3 is 2.59 bits per heavy atom. The first-order chi connectivity index (χ1) is 8.10. The summed E-state index contributed by atoms with van der Waals surface area (Å²) < 4.78 is 22.9. The SMILES string of the molecule is Cc1cccc2c1CN(C1CCCC1)S2(O)O. The van der Waals surface area contributed by atoms with Crippen LogP contribution in [0.25, 0.3) is 0 Å². The first-order valence-corrected chi connectivity index (χ1v) is 7.74. The van der Waals surface area contributed by atoms with Crippen LogP contribution >= 0.6 is 10.8 Å². The van der Waals surface area contributed by atoms with E-state index in [9.17, 15) is 9.11 Å². The smallest absolute Gasteiger partial charge is 0.0801 e. The lowest BCUT2D eigenvalue weighted by Gasteiger charge is -2.40. The number of aryl methyl sites for hydroxylation is 1. The Kier molecular flexibility index (Phi) is 2.70. The number of hydrogen-bond acceptors (Lipinski definition) is 3. The van der Waals surface area contributed by atoms with E-state index in [1.165, 1.54) is 18.4 Å². The topological polar surface area (TPSA) is 43.7 Å². The van der Waals surface area contributed by atoms with Gasteiger partial charge in [0.1, 0.15) is 0 Å². The highest BCUT2D eigenvalue weighted by Crippen LogP contribution is 2.61. The predicted octanol–water partition coefficient (Wildman–Crippen LogP) is 3.78. The molecule has 1 heterocycles. The Morgan fingerprint density at radius 2 is 1.94 bits per heavy atom. The van der Waals surface area contributed by atoms with Gasteiger partial charge < -0.3 is 0 Å². The minimum Gasteiger partial charge on any atom is -0.281 e. The van der Waals surface area contributed by atoms with Crippen LogP contribution in [0.5, 0.6) is 0 Å². The molecular formula is C13H19NO2S. The fourth-order valence-corrected chi connectivity index (χ4v) is 5.04. The van der Waals surface area contributed by atoms with Crippen LogP contribution in [0, 0.1) is 6.92 Å². The van der Waals surface area contributed by atoms with Crippen LogP contribution < -0.4 is 0 Å². The maximum absolute atomic E-state index is 10.5. The highest BCUT2D eigenvalue weighted by atomic mass is 32.3. The fourth-order valence-electron chi connectivity index (χ4n) is 3.04. The Labute approximate surface area is 104 Å². The molecule has 0 saturated heterocycles. The van der Waals surface area contributed by atoms with Crippen LogP contribution in [0.15, 0.2) is 23.1 Å². The third-order valence-corrected chi connectivity index (χ3v) is 6.09. The summed E-state index contributed by atoms with van der Waals surface area (Å²) in [5, 5.41) is 0. The maximum atomic E-state index is 10.5. The van der Waals surface area contributed by atoms with E-state index in [4.69, 9.17) is 0 Å². The molecule has 4 heteroatoms. The van der Waals surface area contributed by atoms with Crippen molar-refractivity contribution >= 4 is 10.8 Å². The lowest BCUT2D eigenvalue weighted by atomic mass is 10.1. The molecule has 1 aromatic rings. The van der Waals surface area contributed by atoms with Crippen molar-refractivity contribution in [2.75, 3.05) is 0 Å². The normalized spacial score (nSPS) is 26.1. The zero-order chi connectivity index (χ0) is 12.0. The van der Waals surface area contributed by atoms with Crippen LogP contribution in [0.3, 0.4) is 0 Å². The van der Waals surface area contributed by atoms with Crippen molar-refractivity contribution in [1.29, 1.82) is 0 Å². The van der Waals surface area contributed by atoms with Crippen molar-refractivity contribution in [1.82, 2.24) is 4.31 Å². The average molecular weight is 253 g/mol. The van der Waals surface area contributed by atoms with E-state index in [2.05, 4.69) is 0 Å². The zero-order valence-corrected chi connectivity index (χ0v) is 10.9. The fraction of sp³-hybridized carbons (Fsp3) is 0.538. The van der Waals surface area contributed by atoms with E-state index in [1.54, 1.807) is 0 Å². The molecule has 1 aliphatic heterocycles. The number of benzene rings is 1. The molecule has 0 bridgehead atoms. The number of fused-ring (bicyclic) bond motifs is 1. The van der Waals surface area contributed by atoms with Gasteiger partial charge in [0, 0.05) is 12.6 Å². The second-order valence-corrected chi connectivity index (χ2v) is 7.03. The third-order valence-electron chi connectivity index (χ3n) is 4.04. The molecule has 0 spiro atoms. The van der Waals surface area contributed by atoms with Crippen molar-refractivity contribution < 1.29 is 9.11 Å². The summed E-state index contributed by atoms with van der Waals surface area (Å²) in [4.78, 5) is 0.754. The van der Waals surface area contributed by atoms with Crippen molar-refractivity contribution in [3.63, 3.8) is 0 Å². The molecule has 3 rings (SSSR count). The van der Waals surface area contributed by atoms with Crippen LogP contribution in [0.2, 0.25) is 0 Å². The monoisotopic (exact) mass is 253 g/mol. The summed E-state index contributed by atoms with van der Waals surface area (Å²) in [7, 11) is -2.72. The summed E-state index contributed by atoms with van der Waals surface area (Å²) in [6.07, 6.45) is 4.63. The van der Waals surface area contributed by atoms with Gasteiger partial charge in [0.2, 0.25) is 0 Å². The van der Waals surface area contributed by atoms with E-state index < -0.39 is 10.8 Å². The quantitative estimate of drug-likeness (QED) is 0.800. The second-order valence-electron chi connectivity index (χ2n) is 5.08. The van der Waals surface area contributed by atoms with Gasteiger partial charge in [-0.1, -0.05) is 25.0 Å². The van der Waals surface area contributed by atoms with E-state index >= 15 is 0 Å². The summed E-state index contributed by atoms with van der Waals surface area (Å²) in [5.74, 6) is 0. The van der Waals surface area contributed by atoms with Crippen LogP contribution in [0.4, 0.5) is 0 Å². The van der Waals surface area contributed by atoms with Crippen LogP contribution in [-0.4, -0.2) is 19.5 Å². The molecule has 0 amide bonds. The Bertz CT molecular complexity index is 441. The molecule has 17 heavy (non-hydrogen) atoms. The molecule has 1 fully saturated rings. The molecule has 94 valence electrons. The van der Waals surface area contributed by atoms with Crippen LogP contribution in [-0.2, 0) is 6.54 Å². The van der Waals surface area contributed by atoms with Gasteiger partial charge in [-0.3, -0.25) is 9.11 Å². The first kappa shape index (κ1) is 11.5. The third kappa shape index (κ3) is 1.71. The highest BCUT2D eigenvalue weighted by molar-refractivity contribution is 8.22. The Morgan fingerprint density at radius 1 is 1.24 bits per heavy atom. The van der Waals surface area contributed by atoms with E-state index in [-0.39, 0.29) is 0 Å². The van der Waals surface area contributed by atoms with Gasteiger partial charge in [0.15, 0.2) is 0 Å². The average Bonchev–Trinajstić information content (AvgIpc) is 2.86. The molecule has 1 aliphatic carbocycles. The van der Waals surface area contributed by atoms with Gasteiger partial charge in [0.05, 0.1) is 4.90 Å². The molecule has 0 atom stereocenters. The highest BCUT2D eigenvalue weighted by Gasteiger charge is 2.40. The molecule has 0 unspecified atom stereocenters. The molecule has 1 aromatic carbocycles. The van der Waals surface area contributed by atoms with Gasteiger partial charge >= 0.3 is 0 Å². The minimum absolute atomic E-state index is 0.354. The number of hydrogen-bond donors (Lipinski definition) is 2. The van der Waals surface area contributed by atoms with Crippen molar-refractivity contribution in [2.45, 2.75) is 50.1 Å². The van der Waals surface area contributed by atoms with Crippen LogP contribution in [0.1, 0.15) is 36.8 Å². The second kappa shape index (κ2) is 3.99. The van der Waals surface area contributed by atoms with Crippen molar-refractivity contribution in [3.05, 3.63) is 29.3 Å². The summed E-state index contributed by atoms with van der Waals surface area (Å²) >= 11 is 0. The molecule has 2 N–H and O–H groups in total. The van der Waals surface area contributed by atoms with E-state index in [0.29, 0.717) is 12.6 Å². The van der Waals surface area contributed by atoms with Gasteiger partial charge in [0.25, 0.3) is 0 Å². The van der Waals surface area contributed by atoms with Gasteiger partial charge in [-0.15, -0.1) is 10.8 Å². The number of nitrogens with zero attached hydrogens (tertiary/aromatic N) is 1. The lowest BCUT2D eigenvalue weighted by molar-refractivity contribution is 0.291. The first-order valence-electron chi connectivity index (χ1n) is 6.24. The molecule has 2 aliphatic rings. The van der Waals surface area contributed by atoms with Gasteiger partial charge in [-0.05, 0) is 37.0 Å².